The summed E-state index contributed by atoms with van der Waals surface area (Å²) in [5.74, 6) is -0.288. The van der Waals surface area contributed by atoms with Crippen LogP contribution in [0.15, 0.2) is 53.6 Å². The molecule has 3 aromatic rings. The zero-order valence-corrected chi connectivity index (χ0v) is 23.5. The second kappa shape index (κ2) is 10.9. The number of ether oxygens (including phenoxy) is 2. The minimum Gasteiger partial charge on any atom is -0.380 e. The molecule has 208 valence electrons. The SMILES string of the molecule is Cc1ccc(NC(=O)c2ccnc(C(C)(C)C#N)c2)cc1-c1cc(N2CCOCC2)c(=O)n(CC2(C)COC2)c1. The smallest absolute Gasteiger partial charge is 0.274 e. The van der Waals surface area contributed by atoms with Crippen LogP contribution in [0.5, 0.6) is 0 Å². The Kier molecular flexibility index (Phi) is 7.49. The topological polar surface area (TPSA) is 109 Å². The summed E-state index contributed by atoms with van der Waals surface area (Å²) in [6, 6.07) is 13.2. The minimum absolute atomic E-state index is 0.0188. The molecule has 0 atom stereocenters. The van der Waals surface area contributed by atoms with Gasteiger partial charge < -0.3 is 24.3 Å². The summed E-state index contributed by atoms with van der Waals surface area (Å²) in [6.45, 7) is 12.0. The highest BCUT2D eigenvalue weighted by Gasteiger charge is 2.34. The Labute approximate surface area is 234 Å². The van der Waals surface area contributed by atoms with Crippen molar-refractivity contribution in [2.45, 2.75) is 39.7 Å². The summed E-state index contributed by atoms with van der Waals surface area (Å²) >= 11 is 0. The molecule has 1 N–H and O–H groups in total. The predicted octanol–water partition coefficient (Wildman–Crippen LogP) is 4.15. The number of rotatable bonds is 7. The minimum atomic E-state index is -0.808. The maximum absolute atomic E-state index is 13.6. The molecular formula is C31H35N5O4. The van der Waals surface area contributed by atoms with E-state index in [4.69, 9.17) is 9.47 Å². The number of anilines is 2. The van der Waals surface area contributed by atoms with Crippen molar-refractivity contribution in [1.29, 1.82) is 5.26 Å². The van der Waals surface area contributed by atoms with Gasteiger partial charge in [-0.1, -0.05) is 13.0 Å². The maximum Gasteiger partial charge on any atom is 0.274 e. The molecule has 2 aliphatic rings. The van der Waals surface area contributed by atoms with Gasteiger partial charge in [0.1, 0.15) is 5.69 Å². The molecule has 1 amide bonds. The van der Waals surface area contributed by atoms with Gasteiger partial charge in [0, 0.05) is 54.3 Å². The number of carbonyl (C=O) groups is 1. The van der Waals surface area contributed by atoms with Crippen molar-refractivity contribution < 1.29 is 14.3 Å². The molecule has 0 unspecified atom stereocenters. The van der Waals surface area contributed by atoms with E-state index in [-0.39, 0.29) is 16.9 Å². The van der Waals surface area contributed by atoms with Crippen LogP contribution < -0.4 is 15.8 Å². The van der Waals surface area contributed by atoms with Crippen molar-refractivity contribution in [3.8, 4) is 17.2 Å². The number of hydrogen-bond acceptors (Lipinski definition) is 7. The van der Waals surface area contributed by atoms with Crippen molar-refractivity contribution in [3.63, 3.8) is 0 Å². The van der Waals surface area contributed by atoms with Crippen LogP contribution in [0.1, 0.15) is 42.4 Å². The Bertz CT molecular complexity index is 1530. The van der Waals surface area contributed by atoms with Crippen LogP contribution in [-0.2, 0) is 21.4 Å². The van der Waals surface area contributed by atoms with E-state index in [1.165, 1.54) is 0 Å². The van der Waals surface area contributed by atoms with Crippen LogP contribution in [-0.4, -0.2) is 55.0 Å². The van der Waals surface area contributed by atoms with E-state index < -0.39 is 5.41 Å². The number of aromatic nitrogens is 2. The fourth-order valence-corrected chi connectivity index (χ4v) is 5.05. The van der Waals surface area contributed by atoms with Gasteiger partial charge in [-0.2, -0.15) is 5.26 Å². The summed E-state index contributed by atoms with van der Waals surface area (Å²) < 4.78 is 12.8. The molecule has 0 aliphatic carbocycles. The van der Waals surface area contributed by atoms with Gasteiger partial charge in [0.15, 0.2) is 0 Å². The highest BCUT2D eigenvalue weighted by Crippen LogP contribution is 2.32. The van der Waals surface area contributed by atoms with Crippen LogP contribution >= 0.6 is 0 Å². The van der Waals surface area contributed by atoms with Crippen LogP contribution in [0.3, 0.4) is 0 Å². The van der Waals surface area contributed by atoms with E-state index in [9.17, 15) is 14.9 Å². The third kappa shape index (κ3) is 5.64. The van der Waals surface area contributed by atoms with E-state index in [2.05, 4.69) is 28.2 Å². The van der Waals surface area contributed by atoms with Crippen molar-refractivity contribution in [1.82, 2.24) is 9.55 Å². The molecule has 9 heteroatoms. The molecule has 2 saturated heterocycles. The Hall–Kier alpha value is -4.00. The van der Waals surface area contributed by atoms with Crippen LogP contribution in [0, 0.1) is 23.7 Å². The molecule has 2 fully saturated rings. The summed E-state index contributed by atoms with van der Waals surface area (Å²) in [5, 5.41) is 12.5. The van der Waals surface area contributed by atoms with E-state index in [1.807, 2.05) is 42.0 Å². The number of aryl methyl sites for hydroxylation is 1. The molecule has 0 spiro atoms. The zero-order valence-electron chi connectivity index (χ0n) is 23.5. The number of nitriles is 1. The summed E-state index contributed by atoms with van der Waals surface area (Å²) in [4.78, 5) is 33.2. The number of carbonyl (C=O) groups excluding carboxylic acids is 1. The van der Waals surface area contributed by atoms with E-state index in [1.54, 1.807) is 32.2 Å². The van der Waals surface area contributed by atoms with E-state index in [0.717, 1.165) is 16.7 Å². The first-order valence-electron chi connectivity index (χ1n) is 13.5. The van der Waals surface area contributed by atoms with Gasteiger partial charge in [-0.3, -0.25) is 14.6 Å². The summed E-state index contributed by atoms with van der Waals surface area (Å²) in [6.07, 6.45) is 3.47. The second-order valence-corrected chi connectivity index (χ2v) is 11.6. The molecule has 0 radical (unpaired) electrons. The van der Waals surface area contributed by atoms with Gasteiger partial charge in [-0.25, -0.2) is 0 Å². The number of amides is 1. The maximum atomic E-state index is 13.6. The van der Waals surface area contributed by atoms with Gasteiger partial charge >= 0.3 is 0 Å². The van der Waals surface area contributed by atoms with Crippen LogP contribution in [0.4, 0.5) is 11.4 Å². The van der Waals surface area contributed by atoms with Crippen LogP contribution in [0.25, 0.3) is 11.1 Å². The third-order valence-corrected chi connectivity index (χ3v) is 7.62. The average molecular weight is 542 g/mol. The number of hydrogen-bond donors (Lipinski definition) is 1. The molecule has 2 aliphatic heterocycles. The zero-order chi connectivity index (χ0) is 28.5. The van der Waals surface area contributed by atoms with Crippen molar-refractivity contribution in [3.05, 3.63) is 76.0 Å². The van der Waals surface area contributed by atoms with Crippen molar-refractivity contribution in [2.24, 2.45) is 5.41 Å². The lowest BCUT2D eigenvalue weighted by atomic mass is 9.88. The lowest BCUT2D eigenvalue weighted by Gasteiger charge is -2.38. The third-order valence-electron chi connectivity index (χ3n) is 7.62. The van der Waals surface area contributed by atoms with E-state index >= 15 is 0 Å². The predicted molar refractivity (Wildman–Crippen MR) is 154 cm³/mol. The second-order valence-electron chi connectivity index (χ2n) is 11.6. The fraction of sp³-hybridized carbons (Fsp3) is 0.419. The highest BCUT2D eigenvalue weighted by atomic mass is 16.5. The molecular weight excluding hydrogens is 506 g/mol. The van der Waals surface area contributed by atoms with Crippen molar-refractivity contribution >= 4 is 17.3 Å². The highest BCUT2D eigenvalue weighted by molar-refractivity contribution is 6.04. The first kappa shape index (κ1) is 27.6. The Morgan fingerprint density at radius 2 is 1.90 bits per heavy atom. The molecule has 0 saturated carbocycles. The Balaban J connectivity index is 1.49. The number of morpholine rings is 1. The molecule has 40 heavy (non-hydrogen) atoms. The summed E-state index contributed by atoms with van der Waals surface area (Å²) in [5.41, 5.74) is 4.20. The first-order chi connectivity index (χ1) is 19.1. The number of pyridine rings is 2. The lowest BCUT2D eigenvalue weighted by molar-refractivity contribution is -0.110. The number of nitrogens with one attached hydrogen (secondary N) is 1. The molecule has 5 rings (SSSR count). The molecule has 0 bridgehead atoms. The molecule has 1 aromatic carbocycles. The molecule has 9 nitrogen and oxygen atoms in total. The first-order valence-corrected chi connectivity index (χ1v) is 13.5. The van der Waals surface area contributed by atoms with E-state index in [0.29, 0.717) is 68.7 Å². The largest absolute Gasteiger partial charge is 0.380 e. The van der Waals surface area contributed by atoms with Crippen molar-refractivity contribution in [2.75, 3.05) is 49.7 Å². The quantitative estimate of drug-likeness (QED) is 0.479. The van der Waals surface area contributed by atoms with Gasteiger partial charge in [-0.05, 0) is 62.2 Å². The van der Waals surface area contributed by atoms with Gasteiger partial charge in [0.05, 0.1) is 43.6 Å². The number of nitrogens with zero attached hydrogens (tertiary/aromatic N) is 4. The molecule has 2 aromatic heterocycles. The Morgan fingerprint density at radius 3 is 2.58 bits per heavy atom. The van der Waals surface area contributed by atoms with Crippen LogP contribution in [0.2, 0.25) is 0 Å². The monoisotopic (exact) mass is 541 g/mol. The number of benzene rings is 1. The lowest BCUT2D eigenvalue weighted by Crippen LogP contribution is -2.46. The fourth-order valence-electron chi connectivity index (χ4n) is 5.05. The average Bonchev–Trinajstić information content (AvgIpc) is 2.94. The normalized spacial score (nSPS) is 16.6. The molecule has 4 heterocycles. The van der Waals surface area contributed by atoms with Gasteiger partial charge in [-0.15, -0.1) is 0 Å². The Morgan fingerprint density at radius 1 is 1.15 bits per heavy atom. The van der Waals surface area contributed by atoms with Gasteiger partial charge in [0.2, 0.25) is 0 Å². The standard InChI is InChI=1S/C31H35N5O4/c1-21-5-6-24(34-28(37)22-7-8-33-27(14-22)30(2,3)17-32)15-25(21)23-13-26(35-9-11-39-12-10-35)29(38)36(16-23)18-31(4)19-40-20-31/h5-8,13-16H,9-12,18-20H2,1-4H3,(H,34,37). The summed E-state index contributed by atoms with van der Waals surface area (Å²) in [7, 11) is 0. The van der Waals surface area contributed by atoms with Gasteiger partial charge in [0.25, 0.3) is 11.5 Å².